The van der Waals surface area contributed by atoms with Crippen LogP contribution in [0.3, 0.4) is 0 Å². The Kier molecular flexibility index (Phi) is 2.60. The third-order valence-electron chi connectivity index (χ3n) is 4.04. The molecule has 1 N–H and O–H groups in total. The maximum Gasteiger partial charge on any atom is 0.0702 e. The second kappa shape index (κ2) is 4.10. The number of fused-ring (bicyclic) bond motifs is 1. The van der Waals surface area contributed by atoms with Crippen molar-refractivity contribution in [3.05, 3.63) is 29.3 Å². The molecule has 0 spiro atoms. The third-order valence-corrected chi connectivity index (χ3v) is 4.04. The lowest BCUT2D eigenvalue weighted by Gasteiger charge is -2.32. The Bertz CT molecular complexity index is 384. The van der Waals surface area contributed by atoms with Crippen molar-refractivity contribution in [2.24, 2.45) is 5.92 Å². The summed E-state index contributed by atoms with van der Waals surface area (Å²) in [7, 11) is 0. The molecule has 0 aromatic heterocycles. The molecule has 3 rings (SSSR count). The van der Waals surface area contributed by atoms with E-state index < -0.39 is 0 Å². The molecule has 2 aliphatic rings. The number of hydrogen-bond acceptors (Lipinski definition) is 2. The molecule has 1 aromatic rings. The van der Waals surface area contributed by atoms with Crippen LogP contribution in [0.4, 0.5) is 5.69 Å². The summed E-state index contributed by atoms with van der Waals surface area (Å²) < 4.78 is 0. The van der Waals surface area contributed by atoms with Crippen molar-refractivity contribution in [3.63, 3.8) is 0 Å². The second-order valence-electron chi connectivity index (χ2n) is 5.08. The van der Waals surface area contributed by atoms with Gasteiger partial charge < -0.3 is 10.0 Å². The van der Waals surface area contributed by atoms with E-state index in [0.29, 0.717) is 0 Å². The summed E-state index contributed by atoms with van der Waals surface area (Å²) in [5, 5.41) is 9.40. The van der Waals surface area contributed by atoms with Gasteiger partial charge in [0.05, 0.1) is 6.61 Å². The molecule has 86 valence electrons. The summed E-state index contributed by atoms with van der Waals surface area (Å²) >= 11 is 0. The zero-order chi connectivity index (χ0) is 11.0. The fourth-order valence-corrected chi connectivity index (χ4v) is 2.92. The van der Waals surface area contributed by atoms with Crippen LogP contribution in [0.15, 0.2) is 18.2 Å². The van der Waals surface area contributed by atoms with Gasteiger partial charge in [0.1, 0.15) is 0 Å². The SMILES string of the molecule is OCc1cccc2c1N(CC1CCC1)CC2. The van der Waals surface area contributed by atoms with Crippen molar-refractivity contribution in [1.82, 2.24) is 0 Å². The second-order valence-corrected chi connectivity index (χ2v) is 5.08. The molecule has 0 atom stereocenters. The van der Waals surface area contributed by atoms with E-state index in [1.165, 1.54) is 37.1 Å². The highest BCUT2D eigenvalue weighted by atomic mass is 16.3. The Labute approximate surface area is 96.9 Å². The molecule has 1 saturated carbocycles. The van der Waals surface area contributed by atoms with Gasteiger partial charge in [-0.1, -0.05) is 24.6 Å². The Morgan fingerprint density at radius 2 is 2.19 bits per heavy atom. The number of aliphatic hydroxyl groups is 1. The van der Waals surface area contributed by atoms with Crippen LogP contribution in [-0.2, 0) is 13.0 Å². The van der Waals surface area contributed by atoms with Gasteiger partial charge in [-0.15, -0.1) is 0 Å². The molecule has 0 amide bonds. The molecule has 0 bridgehead atoms. The number of para-hydroxylation sites is 1. The fraction of sp³-hybridized carbons (Fsp3) is 0.571. The highest BCUT2D eigenvalue weighted by Gasteiger charge is 2.26. The lowest BCUT2D eigenvalue weighted by atomic mass is 9.85. The van der Waals surface area contributed by atoms with E-state index in [4.69, 9.17) is 0 Å². The van der Waals surface area contributed by atoms with E-state index in [9.17, 15) is 5.11 Å². The van der Waals surface area contributed by atoms with Gasteiger partial charge in [0, 0.05) is 24.3 Å². The van der Waals surface area contributed by atoms with Crippen molar-refractivity contribution in [2.45, 2.75) is 32.3 Å². The average molecular weight is 217 g/mol. The summed E-state index contributed by atoms with van der Waals surface area (Å²) in [6, 6.07) is 6.32. The molecule has 2 nitrogen and oxygen atoms in total. The van der Waals surface area contributed by atoms with E-state index in [1.807, 2.05) is 0 Å². The first-order valence-corrected chi connectivity index (χ1v) is 6.35. The summed E-state index contributed by atoms with van der Waals surface area (Å²) in [5.74, 6) is 0.901. The number of nitrogens with zero attached hydrogens (tertiary/aromatic N) is 1. The van der Waals surface area contributed by atoms with E-state index in [1.54, 1.807) is 0 Å². The van der Waals surface area contributed by atoms with Gasteiger partial charge in [-0.25, -0.2) is 0 Å². The zero-order valence-electron chi connectivity index (χ0n) is 9.65. The molecule has 1 aliphatic carbocycles. The molecule has 1 aliphatic heterocycles. The Morgan fingerprint density at radius 3 is 2.88 bits per heavy atom. The lowest BCUT2D eigenvalue weighted by molar-refractivity contribution is 0.281. The normalized spacial score (nSPS) is 19.7. The van der Waals surface area contributed by atoms with Gasteiger partial charge in [-0.3, -0.25) is 0 Å². The predicted octanol–water partition coefficient (Wildman–Crippen LogP) is 2.34. The van der Waals surface area contributed by atoms with Crippen LogP contribution in [0.1, 0.15) is 30.4 Å². The topological polar surface area (TPSA) is 23.5 Å². The maximum atomic E-state index is 9.40. The van der Waals surface area contributed by atoms with Crippen LogP contribution in [0.2, 0.25) is 0 Å². The van der Waals surface area contributed by atoms with E-state index in [0.717, 1.165) is 24.4 Å². The third kappa shape index (κ3) is 1.61. The van der Waals surface area contributed by atoms with Crippen LogP contribution in [0.25, 0.3) is 0 Å². The highest BCUT2D eigenvalue weighted by Crippen LogP contribution is 2.35. The molecule has 16 heavy (non-hydrogen) atoms. The first-order chi connectivity index (χ1) is 7.88. The average Bonchev–Trinajstić information content (AvgIpc) is 2.66. The van der Waals surface area contributed by atoms with Crippen LogP contribution >= 0.6 is 0 Å². The molecule has 2 heteroatoms. The van der Waals surface area contributed by atoms with Crippen molar-refractivity contribution < 1.29 is 5.11 Å². The summed E-state index contributed by atoms with van der Waals surface area (Å²) in [4.78, 5) is 2.49. The van der Waals surface area contributed by atoms with Gasteiger partial charge in [0.15, 0.2) is 0 Å². The summed E-state index contributed by atoms with van der Waals surface area (Å²) in [6.45, 7) is 2.51. The van der Waals surface area contributed by atoms with Gasteiger partial charge >= 0.3 is 0 Å². The lowest BCUT2D eigenvalue weighted by Crippen LogP contribution is -2.31. The number of anilines is 1. The van der Waals surface area contributed by atoms with Crippen LogP contribution in [0.5, 0.6) is 0 Å². The van der Waals surface area contributed by atoms with Crippen molar-refractivity contribution in [2.75, 3.05) is 18.0 Å². The number of benzene rings is 1. The maximum absolute atomic E-state index is 9.40. The standard InChI is InChI=1S/C14H19NO/c16-10-13-6-2-5-12-7-8-15(14(12)13)9-11-3-1-4-11/h2,5-6,11,16H,1,3-4,7-10H2. The van der Waals surface area contributed by atoms with Gasteiger partial charge in [-0.2, -0.15) is 0 Å². The molecule has 0 unspecified atom stereocenters. The van der Waals surface area contributed by atoms with Crippen LogP contribution in [0, 0.1) is 5.92 Å². The quantitative estimate of drug-likeness (QED) is 0.840. The zero-order valence-corrected chi connectivity index (χ0v) is 9.65. The van der Waals surface area contributed by atoms with Gasteiger partial charge in [0.25, 0.3) is 0 Å². The molecule has 0 radical (unpaired) electrons. The largest absolute Gasteiger partial charge is 0.392 e. The molecule has 1 fully saturated rings. The summed E-state index contributed by atoms with van der Waals surface area (Å²) in [5.41, 5.74) is 3.86. The number of rotatable bonds is 3. The number of aliphatic hydroxyl groups excluding tert-OH is 1. The smallest absolute Gasteiger partial charge is 0.0702 e. The minimum absolute atomic E-state index is 0.171. The molecule has 0 saturated heterocycles. The van der Waals surface area contributed by atoms with E-state index >= 15 is 0 Å². The van der Waals surface area contributed by atoms with Crippen LogP contribution < -0.4 is 4.90 Å². The Hall–Kier alpha value is -1.02. The Morgan fingerprint density at radius 1 is 1.31 bits per heavy atom. The van der Waals surface area contributed by atoms with Gasteiger partial charge in [0.2, 0.25) is 0 Å². The van der Waals surface area contributed by atoms with Crippen molar-refractivity contribution >= 4 is 5.69 Å². The Balaban J connectivity index is 1.84. The molecular weight excluding hydrogens is 198 g/mol. The number of hydrogen-bond donors (Lipinski definition) is 1. The van der Waals surface area contributed by atoms with E-state index in [2.05, 4.69) is 23.1 Å². The van der Waals surface area contributed by atoms with Gasteiger partial charge in [-0.05, 0) is 30.7 Å². The molecular formula is C14H19NO. The first kappa shape index (κ1) is 10.2. The molecule has 1 heterocycles. The van der Waals surface area contributed by atoms with Crippen molar-refractivity contribution in [3.8, 4) is 0 Å². The minimum Gasteiger partial charge on any atom is -0.392 e. The highest BCUT2D eigenvalue weighted by molar-refractivity contribution is 5.63. The monoisotopic (exact) mass is 217 g/mol. The minimum atomic E-state index is 0.171. The molecule has 1 aromatic carbocycles. The predicted molar refractivity (Wildman–Crippen MR) is 65.6 cm³/mol. The van der Waals surface area contributed by atoms with E-state index in [-0.39, 0.29) is 6.61 Å². The van der Waals surface area contributed by atoms with Crippen molar-refractivity contribution in [1.29, 1.82) is 0 Å². The fourth-order valence-electron chi connectivity index (χ4n) is 2.92. The first-order valence-electron chi connectivity index (χ1n) is 6.35. The summed E-state index contributed by atoms with van der Waals surface area (Å²) in [6.07, 6.45) is 5.35. The van der Waals surface area contributed by atoms with Crippen LogP contribution in [-0.4, -0.2) is 18.2 Å².